The van der Waals surface area contributed by atoms with E-state index >= 15 is 0 Å². The number of nitrogens with zero attached hydrogens (tertiary/aromatic N) is 1. The van der Waals surface area contributed by atoms with Gasteiger partial charge in [-0.05, 0) is 56.3 Å². The van der Waals surface area contributed by atoms with Crippen LogP contribution in [0.1, 0.15) is 25.5 Å². The molecular formula is C22H31N3O4. The molecule has 0 bridgehead atoms. The summed E-state index contributed by atoms with van der Waals surface area (Å²) in [7, 11) is 6.68. The van der Waals surface area contributed by atoms with Gasteiger partial charge in [0, 0.05) is 12.6 Å². The summed E-state index contributed by atoms with van der Waals surface area (Å²) in [5.41, 5.74) is 0.984. The van der Waals surface area contributed by atoms with Gasteiger partial charge in [-0.3, -0.25) is 4.99 Å². The standard InChI is InChI=1S/C22H31N3O4/c1-15(29-18-9-7-17(26-4)8-10-18)14-24-22(23-3)25-16(2)20-13-19(27-5)11-12-21(20)28-6/h7-13,15-16H,14H2,1-6H3,(H2,23,24,25). The first kappa shape index (κ1) is 22.2. The minimum absolute atomic E-state index is 0.0379. The van der Waals surface area contributed by atoms with E-state index in [1.807, 2.05) is 56.3 Å². The lowest BCUT2D eigenvalue weighted by Crippen LogP contribution is -2.42. The molecule has 2 rings (SSSR count). The van der Waals surface area contributed by atoms with E-state index in [1.165, 1.54) is 0 Å². The lowest BCUT2D eigenvalue weighted by Gasteiger charge is -2.22. The van der Waals surface area contributed by atoms with Crippen LogP contribution in [0, 0.1) is 0 Å². The Morgan fingerprint density at radius 3 is 2.10 bits per heavy atom. The van der Waals surface area contributed by atoms with Crippen LogP contribution in [0.2, 0.25) is 0 Å². The third-order valence-corrected chi connectivity index (χ3v) is 4.43. The third-order valence-electron chi connectivity index (χ3n) is 4.43. The van der Waals surface area contributed by atoms with E-state index in [-0.39, 0.29) is 12.1 Å². The van der Waals surface area contributed by atoms with E-state index in [9.17, 15) is 0 Å². The van der Waals surface area contributed by atoms with Crippen LogP contribution < -0.4 is 29.6 Å². The summed E-state index contributed by atoms with van der Waals surface area (Å²) in [6.45, 7) is 4.63. The average Bonchev–Trinajstić information content (AvgIpc) is 2.76. The maximum absolute atomic E-state index is 5.93. The molecule has 0 saturated heterocycles. The maximum atomic E-state index is 5.93. The highest BCUT2D eigenvalue weighted by Gasteiger charge is 2.15. The fourth-order valence-electron chi connectivity index (χ4n) is 2.82. The van der Waals surface area contributed by atoms with Crippen LogP contribution in [0.3, 0.4) is 0 Å². The lowest BCUT2D eigenvalue weighted by atomic mass is 10.1. The number of hydrogen-bond acceptors (Lipinski definition) is 5. The highest BCUT2D eigenvalue weighted by atomic mass is 16.5. The Kier molecular flexibility index (Phi) is 8.45. The second kappa shape index (κ2) is 11.0. The number of aliphatic imine (C=N–C) groups is 1. The van der Waals surface area contributed by atoms with Crippen molar-refractivity contribution in [2.24, 2.45) is 4.99 Å². The SMILES string of the molecule is CN=C(NCC(C)Oc1ccc(OC)cc1)NC(C)c1cc(OC)ccc1OC. The summed E-state index contributed by atoms with van der Waals surface area (Å²) in [5, 5.41) is 6.67. The van der Waals surface area contributed by atoms with Crippen LogP contribution in [-0.4, -0.2) is 47.0 Å². The zero-order chi connectivity index (χ0) is 21.2. The summed E-state index contributed by atoms with van der Waals surface area (Å²) in [6, 6.07) is 13.2. The molecule has 0 saturated carbocycles. The van der Waals surface area contributed by atoms with E-state index in [1.54, 1.807) is 28.4 Å². The second-order valence-corrected chi connectivity index (χ2v) is 6.53. The summed E-state index contributed by atoms with van der Waals surface area (Å²) < 4.78 is 21.9. The molecule has 2 aromatic rings. The summed E-state index contributed by atoms with van der Waals surface area (Å²) >= 11 is 0. The molecule has 158 valence electrons. The van der Waals surface area contributed by atoms with Crippen molar-refractivity contribution in [2.75, 3.05) is 34.9 Å². The first-order valence-corrected chi connectivity index (χ1v) is 9.50. The highest BCUT2D eigenvalue weighted by Crippen LogP contribution is 2.29. The van der Waals surface area contributed by atoms with Gasteiger partial charge in [0.2, 0.25) is 0 Å². The Morgan fingerprint density at radius 1 is 0.897 bits per heavy atom. The Morgan fingerprint density at radius 2 is 1.52 bits per heavy atom. The zero-order valence-corrected chi connectivity index (χ0v) is 18.0. The first-order chi connectivity index (χ1) is 14.0. The van der Waals surface area contributed by atoms with Crippen LogP contribution in [-0.2, 0) is 0 Å². The molecule has 7 nitrogen and oxygen atoms in total. The number of rotatable bonds is 9. The minimum Gasteiger partial charge on any atom is -0.497 e. The smallest absolute Gasteiger partial charge is 0.191 e. The van der Waals surface area contributed by atoms with Crippen molar-refractivity contribution in [1.29, 1.82) is 0 Å². The number of benzene rings is 2. The van der Waals surface area contributed by atoms with Gasteiger partial charge in [0.25, 0.3) is 0 Å². The largest absolute Gasteiger partial charge is 0.497 e. The Hall–Kier alpha value is -3.09. The fraction of sp³-hybridized carbons (Fsp3) is 0.409. The van der Waals surface area contributed by atoms with Crippen molar-refractivity contribution in [3.8, 4) is 23.0 Å². The van der Waals surface area contributed by atoms with E-state index in [0.717, 1.165) is 28.6 Å². The molecule has 29 heavy (non-hydrogen) atoms. The lowest BCUT2D eigenvalue weighted by molar-refractivity contribution is 0.223. The quantitative estimate of drug-likeness (QED) is 0.496. The van der Waals surface area contributed by atoms with Crippen LogP contribution in [0.15, 0.2) is 47.5 Å². The van der Waals surface area contributed by atoms with Gasteiger partial charge in [0.15, 0.2) is 5.96 Å². The molecule has 0 spiro atoms. The fourth-order valence-corrected chi connectivity index (χ4v) is 2.82. The molecule has 2 atom stereocenters. The van der Waals surface area contributed by atoms with Gasteiger partial charge in [-0.25, -0.2) is 0 Å². The molecule has 7 heteroatoms. The molecule has 0 amide bonds. The predicted molar refractivity (Wildman–Crippen MR) is 116 cm³/mol. The van der Waals surface area contributed by atoms with Crippen molar-refractivity contribution >= 4 is 5.96 Å². The van der Waals surface area contributed by atoms with Gasteiger partial charge in [-0.15, -0.1) is 0 Å². The Labute approximate surface area is 173 Å². The van der Waals surface area contributed by atoms with Crippen LogP contribution >= 0.6 is 0 Å². The summed E-state index contributed by atoms with van der Waals surface area (Å²) in [4.78, 5) is 4.30. The van der Waals surface area contributed by atoms with Crippen molar-refractivity contribution in [2.45, 2.75) is 26.0 Å². The molecule has 0 fully saturated rings. The van der Waals surface area contributed by atoms with E-state index in [2.05, 4.69) is 15.6 Å². The van der Waals surface area contributed by atoms with Gasteiger partial charge in [0.1, 0.15) is 29.1 Å². The van der Waals surface area contributed by atoms with E-state index in [0.29, 0.717) is 12.5 Å². The van der Waals surface area contributed by atoms with E-state index < -0.39 is 0 Å². The molecule has 0 aliphatic rings. The number of hydrogen-bond donors (Lipinski definition) is 2. The number of methoxy groups -OCH3 is 3. The number of ether oxygens (including phenoxy) is 4. The summed E-state index contributed by atoms with van der Waals surface area (Å²) in [6.07, 6.45) is -0.0522. The zero-order valence-electron chi connectivity index (χ0n) is 18.0. The molecule has 0 aliphatic carbocycles. The van der Waals surface area contributed by atoms with Crippen molar-refractivity contribution in [3.63, 3.8) is 0 Å². The molecule has 0 heterocycles. The third kappa shape index (κ3) is 6.48. The molecule has 0 radical (unpaired) electrons. The molecule has 2 N–H and O–H groups in total. The first-order valence-electron chi connectivity index (χ1n) is 9.50. The molecule has 0 aromatic heterocycles. The molecule has 0 aliphatic heterocycles. The average molecular weight is 402 g/mol. The maximum Gasteiger partial charge on any atom is 0.191 e. The predicted octanol–water partition coefficient (Wildman–Crippen LogP) is 3.41. The Bertz CT molecular complexity index is 793. The monoisotopic (exact) mass is 401 g/mol. The van der Waals surface area contributed by atoms with Crippen molar-refractivity contribution in [3.05, 3.63) is 48.0 Å². The van der Waals surface area contributed by atoms with Crippen LogP contribution in [0.4, 0.5) is 0 Å². The number of nitrogens with one attached hydrogen (secondary N) is 2. The topological polar surface area (TPSA) is 73.3 Å². The molecule has 2 unspecified atom stereocenters. The van der Waals surface area contributed by atoms with E-state index in [4.69, 9.17) is 18.9 Å². The number of guanidine groups is 1. The minimum atomic E-state index is -0.0522. The van der Waals surface area contributed by atoms with Crippen LogP contribution in [0.5, 0.6) is 23.0 Å². The van der Waals surface area contributed by atoms with Gasteiger partial charge >= 0.3 is 0 Å². The molecule has 2 aromatic carbocycles. The Balaban J connectivity index is 1.92. The van der Waals surface area contributed by atoms with Crippen molar-refractivity contribution < 1.29 is 18.9 Å². The van der Waals surface area contributed by atoms with Gasteiger partial charge in [-0.1, -0.05) is 0 Å². The van der Waals surface area contributed by atoms with Crippen molar-refractivity contribution in [1.82, 2.24) is 10.6 Å². The normalized spacial score (nSPS) is 13.2. The van der Waals surface area contributed by atoms with Gasteiger partial charge in [-0.2, -0.15) is 0 Å². The van der Waals surface area contributed by atoms with Crippen LogP contribution in [0.25, 0.3) is 0 Å². The summed E-state index contributed by atoms with van der Waals surface area (Å²) in [5.74, 6) is 3.83. The molecular weight excluding hydrogens is 370 g/mol. The van der Waals surface area contributed by atoms with Gasteiger partial charge in [0.05, 0.1) is 33.9 Å². The second-order valence-electron chi connectivity index (χ2n) is 6.53. The van der Waals surface area contributed by atoms with Gasteiger partial charge < -0.3 is 29.6 Å². The highest BCUT2D eigenvalue weighted by molar-refractivity contribution is 5.80.